The van der Waals surface area contributed by atoms with Crippen molar-refractivity contribution < 1.29 is 8.42 Å². The Bertz CT molecular complexity index is 566. The first-order chi connectivity index (χ1) is 10.0. The molecule has 0 saturated heterocycles. The van der Waals surface area contributed by atoms with Crippen LogP contribution in [0, 0.1) is 5.92 Å². The van der Waals surface area contributed by atoms with Gasteiger partial charge in [0, 0.05) is 12.2 Å². The third kappa shape index (κ3) is 4.35. The van der Waals surface area contributed by atoms with Gasteiger partial charge in [-0.25, -0.2) is 13.1 Å². The van der Waals surface area contributed by atoms with E-state index in [1.807, 2.05) is 0 Å². The summed E-state index contributed by atoms with van der Waals surface area (Å²) in [6.07, 6.45) is 7.92. The fourth-order valence-corrected chi connectivity index (χ4v) is 3.75. The van der Waals surface area contributed by atoms with Crippen molar-refractivity contribution in [1.82, 2.24) is 4.72 Å². The van der Waals surface area contributed by atoms with Crippen molar-refractivity contribution in [3.05, 3.63) is 18.2 Å². The molecule has 6 heteroatoms. The maximum Gasteiger partial charge on any atom is 0.242 e. The molecule has 0 heterocycles. The van der Waals surface area contributed by atoms with E-state index in [-0.39, 0.29) is 10.6 Å². The molecule has 0 aromatic heterocycles. The molecular weight excluding hydrogens is 286 g/mol. The number of nitrogens with one attached hydrogen (secondary N) is 2. The normalized spacial score (nSPS) is 16.8. The summed E-state index contributed by atoms with van der Waals surface area (Å²) in [5.74, 6) is 0.826. The Morgan fingerprint density at radius 1 is 1.24 bits per heavy atom. The van der Waals surface area contributed by atoms with Crippen molar-refractivity contribution in [2.45, 2.75) is 43.4 Å². The predicted molar refractivity (Wildman–Crippen MR) is 86.8 cm³/mol. The van der Waals surface area contributed by atoms with Gasteiger partial charge in [0.05, 0.1) is 5.69 Å². The van der Waals surface area contributed by atoms with E-state index >= 15 is 0 Å². The second-order valence-corrected chi connectivity index (χ2v) is 7.53. The molecule has 1 aromatic rings. The molecule has 0 amide bonds. The lowest BCUT2D eigenvalue weighted by molar-refractivity contribution is 0.345. The van der Waals surface area contributed by atoms with Crippen LogP contribution in [0.25, 0.3) is 0 Å². The lowest BCUT2D eigenvalue weighted by Gasteiger charge is -2.21. The van der Waals surface area contributed by atoms with Gasteiger partial charge in [0.2, 0.25) is 10.0 Å². The second kappa shape index (κ2) is 7.13. The van der Waals surface area contributed by atoms with Crippen LogP contribution in [0.15, 0.2) is 23.1 Å². The van der Waals surface area contributed by atoms with Gasteiger partial charge in [-0.05, 0) is 37.6 Å². The topological polar surface area (TPSA) is 84.2 Å². The van der Waals surface area contributed by atoms with Crippen molar-refractivity contribution in [1.29, 1.82) is 0 Å². The van der Waals surface area contributed by atoms with Crippen LogP contribution < -0.4 is 15.8 Å². The molecule has 0 atom stereocenters. The minimum absolute atomic E-state index is 0.128. The van der Waals surface area contributed by atoms with Crippen LogP contribution in [0.1, 0.15) is 38.5 Å². The van der Waals surface area contributed by atoms with E-state index < -0.39 is 10.0 Å². The van der Waals surface area contributed by atoms with Crippen LogP contribution in [0.2, 0.25) is 0 Å². The Hall–Kier alpha value is -1.27. The molecule has 0 bridgehead atoms. The summed E-state index contributed by atoms with van der Waals surface area (Å²) in [4.78, 5) is 0.128. The number of hydrogen-bond donors (Lipinski definition) is 3. The summed E-state index contributed by atoms with van der Waals surface area (Å²) < 4.78 is 25.8. The number of anilines is 2. The van der Waals surface area contributed by atoms with Gasteiger partial charge in [0.15, 0.2) is 0 Å². The standard InChI is InChI=1S/C15H25N3O2S/c1-17-21(19,20)15-8-7-13(11-14(15)16)18-10-9-12-5-3-2-4-6-12/h7-8,11-12,17-18H,2-6,9-10,16H2,1H3. The van der Waals surface area contributed by atoms with Gasteiger partial charge in [-0.1, -0.05) is 32.1 Å². The molecule has 2 rings (SSSR count). The second-order valence-electron chi connectivity index (χ2n) is 5.68. The highest BCUT2D eigenvalue weighted by molar-refractivity contribution is 7.89. The summed E-state index contributed by atoms with van der Waals surface area (Å²) in [7, 11) is -2.11. The van der Waals surface area contributed by atoms with Gasteiger partial charge in [-0.2, -0.15) is 0 Å². The molecular formula is C15H25N3O2S. The van der Waals surface area contributed by atoms with E-state index in [4.69, 9.17) is 5.73 Å². The maximum atomic E-state index is 11.7. The molecule has 4 N–H and O–H groups in total. The number of nitrogens with two attached hydrogens (primary N) is 1. The first-order valence-corrected chi connectivity index (χ1v) is 9.08. The minimum Gasteiger partial charge on any atom is -0.398 e. The van der Waals surface area contributed by atoms with E-state index in [9.17, 15) is 8.42 Å². The van der Waals surface area contributed by atoms with Gasteiger partial charge in [0.1, 0.15) is 4.90 Å². The molecule has 0 aliphatic heterocycles. The first-order valence-electron chi connectivity index (χ1n) is 7.60. The molecule has 21 heavy (non-hydrogen) atoms. The van der Waals surface area contributed by atoms with Crippen molar-refractivity contribution in [2.75, 3.05) is 24.6 Å². The molecule has 0 radical (unpaired) electrons. The lowest BCUT2D eigenvalue weighted by atomic mass is 9.87. The monoisotopic (exact) mass is 311 g/mol. The molecule has 0 spiro atoms. The van der Waals surface area contributed by atoms with E-state index in [1.165, 1.54) is 39.2 Å². The van der Waals surface area contributed by atoms with Crippen molar-refractivity contribution in [2.24, 2.45) is 5.92 Å². The summed E-state index contributed by atoms with van der Waals surface area (Å²) >= 11 is 0. The van der Waals surface area contributed by atoms with Crippen LogP contribution in [-0.4, -0.2) is 22.0 Å². The average molecular weight is 311 g/mol. The number of sulfonamides is 1. The molecule has 1 fully saturated rings. The molecule has 1 aliphatic rings. The van der Waals surface area contributed by atoms with Crippen LogP contribution >= 0.6 is 0 Å². The summed E-state index contributed by atoms with van der Waals surface area (Å²) in [5, 5.41) is 3.33. The van der Waals surface area contributed by atoms with Gasteiger partial charge in [-0.15, -0.1) is 0 Å². The third-order valence-corrected chi connectivity index (χ3v) is 5.66. The highest BCUT2D eigenvalue weighted by Crippen LogP contribution is 2.27. The highest BCUT2D eigenvalue weighted by atomic mass is 32.2. The Labute approximate surface area is 127 Å². The van der Waals surface area contributed by atoms with E-state index in [1.54, 1.807) is 18.2 Å². The van der Waals surface area contributed by atoms with E-state index in [0.29, 0.717) is 0 Å². The van der Waals surface area contributed by atoms with Crippen molar-refractivity contribution in [3.8, 4) is 0 Å². The van der Waals surface area contributed by atoms with Crippen molar-refractivity contribution in [3.63, 3.8) is 0 Å². The zero-order valence-electron chi connectivity index (χ0n) is 12.6. The summed E-state index contributed by atoms with van der Waals surface area (Å²) in [6.45, 7) is 0.905. The molecule has 1 saturated carbocycles. The van der Waals surface area contributed by atoms with Gasteiger partial charge in [-0.3, -0.25) is 0 Å². The Balaban J connectivity index is 1.91. The SMILES string of the molecule is CNS(=O)(=O)c1ccc(NCCC2CCCCC2)cc1N. The zero-order valence-corrected chi connectivity index (χ0v) is 13.4. The molecule has 0 unspecified atom stereocenters. The van der Waals surface area contributed by atoms with E-state index in [2.05, 4.69) is 10.0 Å². The van der Waals surface area contributed by atoms with Gasteiger partial charge >= 0.3 is 0 Å². The largest absolute Gasteiger partial charge is 0.398 e. The Morgan fingerprint density at radius 2 is 1.95 bits per heavy atom. The third-order valence-electron chi connectivity index (χ3n) is 4.17. The molecule has 1 aliphatic carbocycles. The maximum absolute atomic E-state index is 11.7. The van der Waals surface area contributed by atoms with Crippen LogP contribution in [0.4, 0.5) is 11.4 Å². The first kappa shape index (κ1) is 16.1. The predicted octanol–water partition coefficient (Wildman–Crippen LogP) is 2.56. The molecule has 118 valence electrons. The Kier molecular flexibility index (Phi) is 5.47. The number of rotatable bonds is 6. The van der Waals surface area contributed by atoms with Gasteiger partial charge < -0.3 is 11.1 Å². The van der Waals surface area contributed by atoms with Gasteiger partial charge in [0.25, 0.3) is 0 Å². The number of benzene rings is 1. The fourth-order valence-electron chi connectivity index (χ4n) is 2.91. The van der Waals surface area contributed by atoms with E-state index in [0.717, 1.165) is 24.6 Å². The quantitative estimate of drug-likeness (QED) is 0.705. The Morgan fingerprint density at radius 3 is 2.57 bits per heavy atom. The smallest absolute Gasteiger partial charge is 0.242 e. The minimum atomic E-state index is -3.49. The summed E-state index contributed by atoms with van der Waals surface area (Å²) in [5.41, 5.74) is 6.98. The molecule has 5 nitrogen and oxygen atoms in total. The lowest BCUT2D eigenvalue weighted by Crippen LogP contribution is -2.20. The zero-order chi connectivity index (χ0) is 15.3. The highest BCUT2D eigenvalue weighted by Gasteiger charge is 2.16. The number of nitrogen functional groups attached to an aromatic ring is 1. The summed E-state index contributed by atoms with van der Waals surface area (Å²) in [6, 6.07) is 5.00. The molecule has 1 aromatic carbocycles. The van der Waals surface area contributed by atoms with Crippen LogP contribution in [-0.2, 0) is 10.0 Å². The van der Waals surface area contributed by atoms with Crippen LogP contribution in [0.3, 0.4) is 0 Å². The average Bonchev–Trinajstić information content (AvgIpc) is 2.48. The van der Waals surface area contributed by atoms with Crippen LogP contribution in [0.5, 0.6) is 0 Å². The van der Waals surface area contributed by atoms with Crippen molar-refractivity contribution >= 4 is 21.4 Å². The number of hydrogen-bond acceptors (Lipinski definition) is 4. The fraction of sp³-hybridized carbons (Fsp3) is 0.600.